The summed E-state index contributed by atoms with van der Waals surface area (Å²) in [5, 5.41) is 0. The van der Waals surface area contributed by atoms with Gasteiger partial charge in [-0.1, -0.05) is 33.3 Å². The second kappa shape index (κ2) is 10.5. The van der Waals surface area contributed by atoms with Crippen LogP contribution in [-0.4, -0.2) is 43.6 Å². The molecule has 0 saturated heterocycles. The fraction of sp³-hybridized carbons (Fsp3) is 0.828. The number of Topliss-reactive ketones (excluding diaryl/α,β-unsaturated/α-hetero) is 1. The van der Waals surface area contributed by atoms with Gasteiger partial charge in [0.05, 0.1) is 6.61 Å². The van der Waals surface area contributed by atoms with Gasteiger partial charge >= 0.3 is 5.97 Å². The van der Waals surface area contributed by atoms with Crippen LogP contribution in [0.4, 0.5) is 0 Å². The molecule has 4 aliphatic carbocycles. The van der Waals surface area contributed by atoms with E-state index in [0.717, 1.165) is 44.9 Å². The lowest BCUT2D eigenvalue weighted by molar-refractivity contribution is -0.172. The molecule has 1 unspecified atom stereocenters. The van der Waals surface area contributed by atoms with E-state index in [9.17, 15) is 14.4 Å². The fourth-order valence-electron chi connectivity index (χ4n) is 7.94. The van der Waals surface area contributed by atoms with Crippen LogP contribution in [0.2, 0.25) is 0 Å². The van der Waals surface area contributed by atoms with Crippen molar-refractivity contribution >= 4 is 17.5 Å². The Kier molecular flexibility index (Phi) is 7.92. The average molecular weight is 489 g/mol. The normalized spacial score (nSPS) is 37.2. The summed E-state index contributed by atoms with van der Waals surface area (Å²) >= 11 is 0. The van der Waals surface area contributed by atoms with Crippen molar-refractivity contribution in [2.45, 2.75) is 92.3 Å². The van der Waals surface area contributed by atoms with Gasteiger partial charge in [-0.2, -0.15) is 0 Å². The van der Waals surface area contributed by atoms with Gasteiger partial charge in [0.25, 0.3) is 0 Å². The predicted octanol–water partition coefficient (Wildman–Crippen LogP) is 5.28. The van der Waals surface area contributed by atoms with Crippen molar-refractivity contribution < 1.29 is 28.6 Å². The van der Waals surface area contributed by atoms with E-state index < -0.39 is 12.3 Å². The van der Waals surface area contributed by atoms with Crippen LogP contribution in [0, 0.1) is 40.4 Å². The Balaban J connectivity index is 1.32. The number of allylic oxidation sites excluding steroid dienone is 1. The quantitative estimate of drug-likeness (QED) is 0.324. The molecular weight excluding hydrogens is 444 g/mol. The van der Waals surface area contributed by atoms with Gasteiger partial charge in [0.2, 0.25) is 0 Å². The summed E-state index contributed by atoms with van der Waals surface area (Å²) in [4.78, 5) is 37.4. The standard InChI is InChI=1S/C29H44O6/c1-18(2)15-33-19(3)34-17-27(32)35-16-26(31)25-9-8-23-22-7-6-20-14-21(30)10-12-28(20,4)24(22)11-13-29(23,25)5/h14,18-19,22-25H,6-13,15-17H2,1-5H3/t19?,22-,23-,24-,25+,28-,29-/m0/s1. The smallest absolute Gasteiger partial charge is 0.332 e. The van der Waals surface area contributed by atoms with Gasteiger partial charge in [-0.05, 0) is 92.4 Å². The predicted molar refractivity (Wildman–Crippen MR) is 132 cm³/mol. The minimum Gasteiger partial charge on any atom is -0.456 e. The number of fused-ring (bicyclic) bond motifs is 5. The Morgan fingerprint density at radius 3 is 2.49 bits per heavy atom. The first-order valence-corrected chi connectivity index (χ1v) is 13.7. The van der Waals surface area contributed by atoms with Gasteiger partial charge in [0, 0.05) is 12.3 Å². The van der Waals surface area contributed by atoms with Crippen molar-refractivity contribution in [2.24, 2.45) is 40.4 Å². The molecule has 3 saturated carbocycles. The molecule has 0 bridgehead atoms. The molecule has 0 spiro atoms. The molecule has 196 valence electrons. The lowest BCUT2D eigenvalue weighted by Crippen LogP contribution is -2.51. The third kappa shape index (κ3) is 5.29. The Hall–Kier alpha value is -1.53. The second-order valence-electron chi connectivity index (χ2n) is 12.4. The molecule has 7 atom stereocenters. The van der Waals surface area contributed by atoms with Crippen molar-refractivity contribution in [1.82, 2.24) is 0 Å². The van der Waals surface area contributed by atoms with Crippen LogP contribution in [0.1, 0.15) is 86.0 Å². The first-order chi connectivity index (χ1) is 16.5. The third-order valence-corrected chi connectivity index (χ3v) is 9.83. The molecule has 6 nitrogen and oxygen atoms in total. The van der Waals surface area contributed by atoms with E-state index in [0.29, 0.717) is 42.5 Å². The van der Waals surface area contributed by atoms with Crippen molar-refractivity contribution in [3.8, 4) is 0 Å². The topological polar surface area (TPSA) is 78.9 Å². The van der Waals surface area contributed by atoms with Crippen molar-refractivity contribution in [3.63, 3.8) is 0 Å². The molecule has 0 aliphatic heterocycles. The molecule has 35 heavy (non-hydrogen) atoms. The molecule has 0 aromatic heterocycles. The Morgan fingerprint density at radius 2 is 1.74 bits per heavy atom. The van der Waals surface area contributed by atoms with Crippen LogP contribution in [0.5, 0.6) is 0 Å². The summed E-state index contributed by atoms with van der Waals surface area (Å²) in [6, 6.07) is 0. The zero-order valence-electron chi connectivity index (χ0n) is 22.3. The number of hydrogen-bond acceptors (Lipinski definition) is 6. The van der Waals surface area contributed by atoms with Crippen LogP contribution in [0.3, 0.4) is 0 Å². The second-order valence-corrected chi connectivity index (χ2v) is 12.4. The largest absolute Gasteiger partial charge is 0.456 e. The Morgan fingerprint density at radius 1 is 0.971 bits per heavy atom. The zero-order chi connectivity index (χ0) is 25.4. The molecule has 0 aromatic rings. The minimum absolute atomic E-state index is 0.0254. The Labute approximate surface area is 210 Å². The molecule has 3 fully saturated rings. The highest BCUT2D eigenvalue weighted by atomic mass is 16.7. The zero-order valence-corrected chi connectivity index (χ0v) is 22.3. The van der Waals surface area contributed by atoms with Crippen LogP contribution in [-0.2, 0) is 28.6 Å². The van der Waals surface area contributed by atoms with E-state index >= 15 is 0 Å². The molecule has 0 N–H and O–H groups in total. The summed E-state index contributed by atoms with van der Waals surface area (Å²) in [7, 11) is 0. The SMILES string of the molecule is CC(C)COC(C)OCC(=O)OCC(=O)[C@H]1CC[C@H]2[C@@H]3CCC4=CC(=O)CC[C@]4(C)[C@H]3CC[C@]12C. The first kappa shape index (κ1) is 26.5. The first-order valence-electron chi connectivity index (χ1n) is 13.7. The number of ketones is 2. The molecule has 0 amide bonds. The van der Waals surface area contributed by atoms with Gasteiger partial charge in [-0.25, -0.2) is 4.79 Å². The van der Waals surface area contributed by atoms with Crippen molar-refractivity contribution in [1.29, 1.82) is 0 Å². The number of esters is 1. The van der Waals surface area contributed by atoms with Crippen molar-refractivity contribution in [2.75, 3.05) is 19.8 Å². The highest BCUT2D eigenvalue weighted by Crippen LogP contribution is 2.66. The van der Waals surface area contributed by atoms with Gasteiger partial charge in [0.15, 0.2) is 17.9 Å². The minimum atomic E-state index is -0.520. The van der Waals surface area contributed by atoms with E-state index in [1.807, 2.05) is 19.9 Å². The van der Waals surface area contributed by atoms with Gasteiger partial charge < -0.3 is 14.2 Å². The van der Waals surface area contributed by atoms with Crippen molar-refractivity contribution in [3.05, 3.63) is 11.6 Å². The molecule has 0 aromatic carbocycles. The lowest BCUT2D eigenvalue weighted by Gasteiger charge is -2.58. The highest BCUT2D eigenvalue weighted by molar-refractivity contribution is 5.91. The fourth-order valence-corrected chi connectivity index (χ4v) is 7.94. The molecular formula is C29H44O6. The number of carbonyl (C=O) groups is 3. The van der Waals surface area contributed by atoms with Gasteiger partial charge in [-0.3, -0.25) is 9.59 Å². The molecule has 0 radical (unpaired) electrons. The van der Waals surface area contributed by atoms with Gasteiger partial charge in [0.1, 0.15) is 13.2 Å². The number of hydrogen-bond donors (Lipinski definition) is 0. The maximum atomic E-state index is 13.2. The molecule has 0 heterocycles. The third-order valence-electron chi connectivity index (χ3n) is 9.83. The lowest BCUT2D eigenvalue weighted by atomic mass is 9.46. The number of carbonyl (C=O) groups excluding carboxylic acids is 3. The van der Waals surface area contributed by atoms with Crippen LogP contribution in [0.15, 0.2) is 11.6 Å². The summed E-state index contributed by atoms with van der Waals surface area (Å²) < 4.78 is 16.2. The summed E-state index contributed by atoms with van der Waals surface area (Å²) in [5.41, 5.74) is 1.50. The molecule has 4 rings (SSSR count). The van der Waals surface area contributed by atoms with Crippen LogP contribution in [0.25, 0.3) is 0 Å². The summed E-state index contributed by atoms with van der Waals surface area (Å²) in [5.74, 6) is 1.92. The average Bonchev–Trinajstić information content (AvgIpc) is 3.17. The van der Waals surface area contributed by atoms with E-state index in [1.165, 1.54) is 5.57 Å². The van der Waals surface area contributed by atoms with E-state index in [1.54, 1.807) is 6.92 Å². The molecule has 6 heteroatoms. The van der Waals surface area contributed by atoms with Crippen LogP contribution < -0.4 is 0 Å². The van der Waals surface area contributed by atoms with E-state index in [4.69, 9.17) is 14.2 Å². The number of ether oxygens (including phenoxy) is 3. The summed E-state index contributed by atoms with van der Waals surface area (Å²) in [6.07, 6.45) is 9.37. The van der Waals surface area contributed by atoms with Gasteiger partial charge in [-0.15, -0.1) is 0 Å². The number of rotatable bonds is 9. The maximum absolute atomic E-state index is 13.2. The highest BCUT2D eigenvalue weighted by Gasteiger charge is 2.60. The summed E-state index contributed by atoms with van der Waals surface area (Å²) in [6.45, 7) is 10.7. The maximum Gasteiger partial charge on any atom is 0.332 e. The Bertz CT molecular complexity index is 861. The van der Waals surface area contributed by atoms with E-state index in [2.05, 4.69) is 13.8 Å². The molecule has 4 aliphatic rings. The monoisotopic (exact) mass is 488 g/mol. The van der Waals surface area contributed by atoms with Crippen LogP contribution >= 0.6 is 0 Å². The van der Waals surface area contributed by atoms with E-state index in [-0.39, 0.29) is 35.7 Å².